The maximum absolute atomic E-state index is 13.1. The molecule has 2 atom stereocenters. The van der Waals surface area contributed by atoms with E-state index in [9.17, 15) is 19.2 Å². The molecule has 0 saturated carbocycles. The van der Waals surface area contributed by atoms with Gasteiger partial charge in [-0.1, -0.05) is 35.3 Å². The molecule has 0 aliphatic carbocycles. The summed E-state index contributed by atoms with van der Waals surface area (Å²) in [6, 6.07) is 10.8. The number of carbonyl (C=O) groups is 4. The highest BCUT2D eigenvalue weighted by atomic mass is 35.5. The van der Waals surface area contributed by atoms with E-state index in [-0.39, 0.29) is 24.1 Å². The summed E-state index contributed by atoms with van der Waals surface area (Å²) in [4.78, 5) is 54.2. The number of nitrogens with one attached hydrogen (secondary N) is 1. The summed E-state index contributed by atoms with van der Waals surface area (Å²) in [6.07, 6.45) is 1.12. The van der Waals surface area contributed by atoms with Crippen molar-refractivity contribution in [1.29, 1.82) is 0 Å². The second-order valence-electron chi connectivity index (χ2n) is 9.25. The fraction of sp³-hybridized carbons (Fsp3) is 0.333. The van der Waals surface area contributed by atoms with E-state index in [0.717, 1.165) is 40.8 Å². The molecule has 2 unspecified atom stereocenters. The van der Waals surface area contributed by atoms with Crippen molar-refractivity contribution in [3.8, 4) is 0 Å². The molecule has 4 saturated heterocycles. The zero-order valence-corrected chi connectivity index (χ0v) is 20.1. The molecule has 180 valence electrons. The predicted molar refractivity (Wildman–Crippen MR) is 128 cm³/mol. The second kappa shape index (κ2) is 8.22. The number of fused-ring (bicyclic) bond motifs is 3. The zero-order valence-electron chi connectivity index (χ0n) is 18.5. The van der Waals surface area contributed by atoms with Crippen LogP contribution in [0.5, 0.6) is 0 Å². The number of anilines is 1. The van der Waals surface area contributed by atoms with Crippen LogP contribution in [0.3, 0.4) is 0 Å². The third-order valence-electron chi connectivity index (χ3n) is 7.09. The number of urea groups is 1. The van der Waals surface area contributed by atoms with Gasteiger partial charge < -0.3 is 4.90 Å². The number of hydrogen-bond acceptors (Lipinski definition) is 6. The standard InChI is InChI=1S/C24H21Cl2N5O4/c25-18-2-1-3-19(21(18)26)30-14-9-15(30)12-28(11-14)10-13-4-5-16-17(8-13)23(34)31(22(16)33)29-7-6-20(32)27-24(29)35/h1-5,8,14-15H,6-7,9-12H2,(H,27,32,35). The quantitative estimate of drug-likeness (QED) is 0.631. The van der Waals surface area contributed by atoms with Gasteiger partial charge in [0.15, 0.2) is 0 Å². The number of benzene rings is 2. The molecule has 5 amide bonds. The average Bonchev–Trinajstić information content (AvgIpc) is 3.06. The molecule has 11 heteroatoms. The maximum atomic E-state index is 13.1. The Bertz CT molecular complexity index is 1290. The first-order chi connectivity index (χ1) is 16.8. The van der Waals surface area contributed by atoms with Gasteiger partial charge in [-0.2, -0.15) is 5.01 Å². The Kier molecular flexibility index (Phi) is 5.24. The third-order valence-corrected chi connectivity index (χ3v) is 7.90. The highest BCUT2D eigenvalue weighted by Gasteiger charge is 2.46. The number of rotatable bonds is 4. The van der Waals surface area contributed by atoms with E-state index in [1.807, 2.05) is 18.2 Å². The molecule has 2 aromatic rings. The molecule has 9 nitrogen and oxygen atoms in total. The van der Waals surface area contributed by atoms with Crippen LogP contribution in [0.2, 0.25) is 10.0 Å². The number of hydrogen-bond donors (Lipinski definition) is 1. The van der Waals surface area contributed by atoms with Gasteiger partial charge in [0.05, 0.1) is 33.4 Å². The molecule has 0 spiro atoms. The minimum Gasteiger partial charge on any atom is -0.362 e. The fourth-order valence-electron chi connectivity index (χ4n) is 5.51. The number of amides is 5. The van der Waals surface area contributed by atoms with Crippen molar-refractivity contribution in [2.75, 3.05) is 24.5 Å². The summed E-state index contributed by atoms with van der Waals surface area (Å²) in [5, 5.41) is 5.10. The van der Waals surface area contributed by atoms with Gasteiger partial charge in [-0.25, -0.2) is 9.80 Å². The summed E-state index contributed by atoms with van der Waals surface area (Å²) >= 11 is 12.7. The molecule has 0 radical (unpaired) electrons. The van der Waals surface area contributed by atoms with E-state index >= 15 is 0 Å². The van der Waals surface area contributed by atoms with Gasteiger partial charge in [0.25, 0.3) is 11.8 Å². The smallest absolute Gasteiger partial charge is 0.343 e. The van der Waals surface area contributed by atoms with Crippen LogP contribution >= 0.6 is 23.2 Å². The SMILES string of the molecule is O=C1CCN(N2C(=O)c3ccc(CN4CC5CC(C4)N5c4cccc(Cl)c4Cl)cc3C2=O)C(=O)N1. The minimum absolute atomic E-state index is 0.0211. The molecule has 2 bridgehead atoms. The van der Waals surface area contributed by atoms with Gasteiger partial charge in [-0.15, -0.1) is 0 Å². The van der Waals surface area contributed by atoms with Crippen molar-refractivity contribution < 1.29 is 19.2 Å². The van der Waals surface area contributed by atoms with Crippen molar-refractivity contribution in [3.05, 3.63) is 63.1 Å². The van der Waals surface area contributed by atoms with Gasteiger partial charge >= 0.3 is 6.03 Å². The van der Waals surface area contributed by atoms with E-state index in [1.165, 1.54) is 0 Å². The molecule has 5 heterocycles. The van der Waals surface area contributed by atoms with Crippen molar-refractivity contribution in [3.63, 3.8) is 0 Å². The first kappa shape index (κ1) is 22.3. The van der Waals surface area contributed by atoms with Crippen LogP contribution in [0.15, 0.2) is 36.4 Å². The minimum atomic E-state index is -0.770. The maximum Gasteiger partial charge on any atom is 0.343 e. The summed E-state index contributed by atoms with van der Waals surface area (Å²) < 4.78 is 0. The molecular formula is C24H21Cl2N5O4. The summed E-state index contributed by atoms with van der Waals surface area (Å²) in [6.45, 7) is 2.30. The van der Waals surface area contributed by atoms with Gasteiger partial charge in [-0.05, 0) is 36.2 Å². The van der Waals surface area contributed by atoms with Gasteiger partial charge in [0, 0.05) is 38.1 Å². The lowest BCUT2D eigenvalue weighted by Gasteiger charge is -2.58. The Morgan fingerprint density at radius 3 is 2.43 bits per heavy atom. The third kappa shape index (κ3) is 3.57. The first-order valence-electron chi connectivity index (χ1n) is 11.4. The zero-order chi connectivity index (χ0) is 24.4. The molecule has 7 rings (SSSR count). The lowest BCUT2D eigenvalue weighted by molar-refractivity contribution is -0.122. The number of carbonyl (C=O) groups excluding carboxylic acids is 4. The van der Waals surface area contributed by atoms with Crippen LogP contribution in [0.25, 0.3) is 0 Å². The van der Waals surface area contributed by atoms with E-state index in [2.05, 4.69) is 15.1 Å². The average molecular weight is 514 g/mol. The molecule has 2 aromatic carbocycles. The number of imide groups is 2. The van der Waals surface area contributed by atoms with Gasteiger partial charge in [0.1, 0.15) is 0 Å². The Balaban J connectivity index is 1.16. The highest BCUT2D eigenvalue weighted by Crippen LogP contribution is 2.42. The fourth-order valence-corrected chi connectivity index (χ4v) is 5.90. The molecule has 35 heavy (non-hydrogen) atoms. The first-order valence-corrected chi connectivity index (χ1v) is 12.1. The lowest BCUT2D eigenvalue weighted by atomic mass is 9.86. The van der Waals surface area contributed by atoms with Crippen molar-refractivity contribution in [2.45, 2.75) is 31.5 Å². The number of piperazine rings is 1. The molecule has 4 fully saturated rings. The largest absolute Gasteiger partial charge is 0.362 e. The van der Waals surface area contributed by atoms with Crippen LogP contribution in [-0.2, 0) is 11.3 Å². The van der Waals surface area contributed by atoms with E-state index < -0.39 is 23.8 Å². The number of halogens is 2. The summed E-state index contributed by atoms with van der Waals surface area (Å²) in [5.74, 6) is -1.55. The molecule has 0 aromatic heterocycles. The lowest BCUT2D eigenvalue weighted by Crippen LogP contribution is -2.68. The van der Waals surface area contributed by atoms with Gasteiger partial charge in [0.2, 0.25) is 5.91 Å². The number of piperidine rings is 1. The Hall–Kier alpha value is -3.14. The van der Waals surface area contributed by atoms with Crippen LogP contribution in [0, 0.1) is 0 Å². The van der Waals surface area contributed by atoms with Crippen LogP contribution < -0.4 is 10.2 Å². The van der Waals surface area contributed by atoms with Crippen molar-refractivity contribution >= 4 is 52.6 Å². The van der Waals surface area contributed by atoms with E-state index in [1.54, 1.807) is 18.2 Å². The summed E-state index contributed by atoms with van der Waals surface area (Å²) in [7, 11) is 0. The van der Waals surface area contributed by atoms with Crippen LogP contribution in [0.4, 0.5) is 10.5 Å². The monoisotopic (exact) mass is 513 g/mol. The van der Waals surface area contributed by atoms with Crippen LogP contribution in [-0.4, -0.2) is 70.4 Å². The molecule has 5 aliphatic rings. The van der Waals surface area contributed by atoms with E-state index in [0.29, 0.717) is 28.7 Å². The Morgan fingerprint density at radius 2 is 1.69 bits per heavy atom. The second-order valence-corrected chi connectivity index (χ2v) is 10.0. The predicted octanol–water partition coefficient (Wildman–Crippen LogP) is 2.91. The topological polar surface area (TPSA) is 93.3 Å². The number of nitrogens with zero attached hydrogens (tertiary/aromatic N) is 4. The van der Waals surface area contributed by atoms with E-state index in [4.69, 9.17) is 23.2 Å². The van der Waals surface area contributed by atoms with Crippen molar-refractivity contribution in [1.82, 2.24) is 20.2 Å². The highest BCUT2D eigenvalue weighted by molar-refractivity contribution is 6.43. The van der Waals surface area contributed by atoms with Gasteiger partial charge in [-0.3, -0.25) is 24.6 Å². The van der Waals surface area contributed by atoms with Crippen molar-refractivity contribution in [2.24, 2.45) is 0 Å². The molecule has 5 aliphatic heterocycles. The normalized spacial score (nSPS) is 24.0. The summed E-state index contributed by atoms with van der Waals surface area (Å²) in [5.41, 5.74) is 2.40. The molecular weight excluding hydrogens is 493 g/mol. The Morgan fingerprint density at radius 1 is 0.943 bits per heavy atom. The number of hydrazine groups is 1. The van der Waals surface area contributed by atoms with Crippen LogP contribution in [0.1, 0.15) is 39.1 Å². The Labute approximate surface area is 211 Å². The molecule has 1 N–H and O–H groups in total.